The Balaban J connectivity index is 2.01. The number of rotatable bonds is 5. The first-order chi connectivity index (χ1) is 11.2. The molecule has 0 saturated heterocycles. The van der Waals surface area contributed by atoms with Crippen LogP contribution in [0.3, 0.4) is 0 Å². The average molecular weight is 312 g/mol. The number of aromatic nitrogens is 4. The number of nitrogens with one attached hydrogen (secondary N) is 1. The fraction of sp³-hybridized carbons (Fsp3) is 0.235. The molecule has 3 rings (SSSR count). The summed E-state index contributed by atoms with van der Waals surface area (Å²) in [4.78, 5) is 15.4. The Morgan fingerprint density at radius 2 is 2.17 bits per heavy atom. The predicted molar refractivity (Wildman–Crippen MR) is 83.2 cm³/mol. The highest BCUT2D eigenvalue weighted by Crippen LogP contribution is 2.29. The number of aromatic amines is 1. The van der Waals surface area contributed by atoms with Gasteiger partial charge in [0, 0.05) is 36.1 Å². The quantitative estimate of drug-likeness (QED) is 0.759. The molecule has 1 atom stereocenters. The first-order valence-corrected chi connectivity index (χ1v) is 7.34. The smallest absolute Gasteiger partial charge is 0.153 e. The summed E-state index contributed by atoms with van der Waals surface area (Å²) in [5.74, 6) is -0.0991. The topological polar surface area (TPSA) is 74.7 Å². The summed E-state index contributed by atoms with van der Waals surface area (Å²) in [5, 5.41) is 9.18. The minimum Gasteiger partial charge on any atom is -0.388 e. The van der Waals surface area contributed by atoms with E-state index in [0.29, 0.717) is 23.4 Å². The number of nitrogens with zero attached hydrogens (tertiary/aromatic N) is 3. The lowest BCUT2D eigenvalue weighted by Crippen LogP contribution is -2.10. The standard InChI is InChI=1S/C17H17FN4O/c1-11-3-2-4-13(17(11)18)14(15-8-19-10-21-15)7-12-5-6-20-16(9-23)22-12/h2-6,8,10,14,23H,7,9H2,1H3,(H,19,21). The van der Waals surface area contributed by atoms with E-state index < -0.39 is 0 Å². The minimum atomic E-state index is -0.237. The maximum Gasteiger partial charge on any atom is 0.153 e. The molecule has 23 heavy (non-hydrogen) atoms. The van der Waals surface area contributed by atoms with Crippen LogP contribution in [-0.2, 0) is 13.0 Å². The Morgan fingerprint density at radius 1 is 1.30 bits per heavy atom. The SMILES string of the molecule is Cc1cccc(C(Cc2ccnc(CO)n2)c2cnc[nH]2)c1F. The maximum absolute atomic E-state index is 14.6. The molecule has 118 valence electrons. The number of aliphatic hydroxyl groups is 1. The van der Waals surface area contributed by atoms with Gasteiger partial charge < -0.3 is 10.1 Å². The number of hydrogen-bond acceptors (Lipinski definition) is 4. The molecule has 0 spiro atoms. The van der Waals surface area contributed by atoms with Crippen LogP contribution in [0.1, 0.15) is 34.3 Å². The highest BCUT2D eigenvalue weighted by atomic mass is 19.1. The van der Waals surface area contributed by atoms with Gasteiger partial charge in [0.05, 0.1) is 6.33 Å². The summed E-state index contributed by atoms with van der Waals surface area (Å²) in [7, 11) is 0. The summed E-state index contributed by atoms with van der Waals surface area (Å²) in [6.45, 7) is 1.53. The van der Waals surface area contributed by atoms with Gasteiger partial charge in [0.2, 0.25) is 0 Å². The number of hydrogen-bond donors (Lipinski definition) is 2. The molecular formula is C17H17FN4O. The summed E-state index contributed by atoms with van der Waals surface area (Å²) < 4.78 is 14.6. The van der Waals surface area contributed by atoms with Crippen molar-refractivity contribution in [3.05, 3.63) is 77.1 Å². The van der Waals surface area contributed by atoms with Crippen LogP contribution >= 0.6 is 0 Å². The number of imidazole rings is 1. The Hall–Kier alpha value is -2.60. The molecule has 3 aromatic rings. The van der Waals surface area contributed by atoms with Gasteiger partial charge in [-0.05, 0) is 24.1 Å². The van der Waals surface area contributed by atoms with E-state index in [1.54, 1.807) is 43.8 Å². The zero-order valence-electron chi connectivity index (χ0n) is 12.7. The molecule has 0 aliphatic rings. The zero-order valence-corrected chi connectivity index (χ0v) is 12.7. The van der Waals surface area contributed by atoms with Gasteiger partial charge in [0.15, 0.2) is 5.82 Å². The molecule has 0 saturated carbocycles. The minimum absolute atomic E-state index is 0.219. The number of benzene rings is 1. The summed E-state index contributed by atoms with van der Waals surface area (Å²) >= 11 is 0. The first kappa shape index (κ1) is 15.3. The highest BCUT2D eigenvalue weighted by molar-refractivity contribution is 5.34. The third-order valence-electron chi connectivity index (χ3n) is 3.81. The summed E-state index contributed by atoms with van der Waals surface area (Å²) in [6, 6.07) is 7.14. The van der Waals surface area contributed by atoms with Crippen molar-refractivity contribution in [2.45, 2.75) is 25.9 Å². The maximum atomic E-state index is 14.6. The molecule has 1 aromatic carbocycles. The van der Waals surface area contributed by atoms with Crippen LogP contribution in [0.4, 0.5) is 4.39 Å². The second-order valence-electron chi connectivity index (χ2n) is 5.36. The first-order valence-electron chi connectivity index (χ1n) is 7.34. The molecule has 2 aromatic heterocycles. The van der Waals surface area contributed by atoms with Gasteiger partial charge in [-0.3, -0.25) is 0 Å². The molecule has 5 nitrogen and oxygen atoms in total. The predicted octanol–water partition coefficient (Wildman–Crippen LogP) is 2.51. The van der Waals surface area contributed by atoms with E-state index in [1.165, 1.54) is 0 Å². The molecule has 2 N–H and O–H groups in total. The van der Waals surface area contributed by atoms with E-state index in [1.807, 2.05) is 6.07 Å². The molecule has 2 heterocycles. The summed E-state index contributed by atoms with van der Waals surface area (Å²) in [5.41, 5.74) is 2.76. The van der Waals surface area contributed by atoms with Crippen LogP contribution in [0.5, 0.6) is 0 Å². The van der Waals surface area contributed by atoms with Crippen LogP contribution < -0.4 is 0 Å². The van der Waals surface area contributed by atoms with Gasteiger partial charge in [-0.25, -0.2) is 19.3 Å². The van der Waals surface area contributed by atoms with Crippen molar-refractivity contribution in [1.82, 2.24) is 19.9 Å². The van der Waals surface area contributed by atoms with Gasteiger partial charge in [-0.15, -0.1) is 0 Å². The highest BCUT2D eigenvalue weighted by Gasteiger charge is 2.21. The number of halogens is 1. The largest absolute Gasteiger partial charge is 0.388 e. The Kier molecular flexibility index (Phi) is 4.43. The fourth-order valence-electron chi connectivity index (χ4n) is 2.62. The van der Waals surface area contributed by atoms with E-state index >= 15 is 0 Å². The lowest BCUT2D eigenvalue weighted by atomic mass is 9.90. The van der Waals surface area contributed by atoms with Crippen molar-refractivity contribution in [3.8, 4) is 0 Å². The normalized spacial score (nSPS) is 12.3. The molecule has 0 aliphatic heterocycles. The van der Waals surface area contributed by atoms with Crippen molar-refractivity contribution in [3.63, 3.8) is 0 Å². The van der Waals surface area contributed by atoms with Gasteiger partial charge >= 0.3 is 0 Å². The van der Waals surface area contributed by atoms with E-state index in [4.69, 9.17) is 0 Å². The molecule has 0 bridgehead atoms. The number of aryl methyl sites for hydroxylation is 1. The van der Waals surface area contributed by atoms with E-state index in [2.05, 4.69) is 19.9 Å². The van der Waals surface area contributed by atoms with Gasteiger partial charge in [-0.2, -0.15) is 0 Å². The molecule has 0 amide bonds. The van der Waals surface area contributed by atoms with Crippen LogP contribution in [0, 0.1) is 12.7 Å². The fourth-order valence-corrected chi connectivity index (χ4v) is 2.62. The summed E-state index contributed by atoms with van der Waals surface area (Å²) in [6.07, 6.45) is 5.36. The Bertz CT molecular complexity index is 789. The number of aliphatic hydroxyl groups excluding tert-OH is 1. The molecule has 1 unspecified atom stereocenters. The van der Waals surface area contributed by atoms with Gasteiger partial charge in [-0.1, -0.05) is 18.2 Å². The second kappa shape index (κ2) is 6.66. The average Bonchev–Trinajstić information content (AvgIpc) is 3.10. The molecular weight excluding hydrogens is 295 g/mol. The molecule has 0 radical (unpaired) electrons. The Morgan fingerprint density at radius 3 is 2.91 bits per heavy atom. The number of H-pyrrole nitrogens is 1. The van der Waals surface area contributed by atoms with Crippen molar-refractivity contribution >= 4 is 0 Å². The molecule has 0 fully saturated rings. The third kappa shape index (κ3) is 3.27. The monoisotopic (exact) mass is 312 g/mol. The van der Waals surface area contributed by atoms with Crippen molar-refractivity contribution in [2.75, 3.05) is 0 Å². The zero-order chi connectivity index (χ0) is 16.2. The van der Waals surface area contributed by atoms with E-state index in [9.17, 15) is 9.50 Å². The van der Waals surface area contributed by atoms with Gasteiger partial charge in [0.1, 0.15) is 12.4 Å². The van der Waals surface area contributed by atoms with Crippen LogP contribution in [0.15, 0.2) is 43.0 Å². The molecule has 6 heteroatoms. The lowest BCUT2D eigenvalue weighted by molar-refractivity contribution is 0.270. The lowest BCUT2D eigenvalue weighted by Gasteiger charge is -2.17. The Labute approximate surface area is 133 Å². The van der Waals surface area contributed by atoms with Crippen molar-refractivity contribution < 1.29 is 9.50 Å². The van der Waals surface area contributed by atoms with Crippen molar-refractivity contribution in [1.29, 1.82) is 0 Å². The molecule has 0 aliphatic carbocycles. The van der Waals surface area contributed by atoms with Crippen LogP contribution in [0.2, 0.25) is 0 Å². The van der Waals surface area contributed by atoms with E-state index in [0.717, 1.165) is 11.4 Å². The van der Waals surface area contributed by atoms with E-state index in [-0.39, 0.29) is 18.3 Å². The third-order valence-corrected chi connectivity index (χ3v) is 3.81. The van der Waals surface area contributed by atoms with Crippen LogP contribution in [0.25, 0.3) is 0 Å². The van der Waals surface area contributed by atoms with Crippen LogP contribution in [-0.4, -0.2) is 25.0 Å². The van der Waals surface area contributed by atoms with Gasteiger partial charge in [0.25, 0.3) is 0 Å². The van der Waals surface area contributed by atoms with Crippen molar-refractivity contribution in [2.24, 2.45) is 0 Å². The second-order valence-corrected chi connectivity index (χ2v) is 5.36.